The number of nitrogens with zero attached hydrogens (tertiary/aromatic N) is 1. The zero-order valence-electron chi connectivity index (χ0n) is 8.88. The van der Waals surface area contributed by atoms with Gasteiger partial charge in [-0.15, -0.1) is 0 Å². The first kappa shape index (κ1) is 9.85. The molecule has 0 heterocycles. The molecule has 0 radical (unpaired) electrons. The summed E-state index contributed by atoms with van der Waals surface area (Å²) in [4.78, 5) is 0. The highest BCUT2D eigenvalue weighted by Crippen LogP contribution is 2.44. The molecule has 3 nitrogen and oxygen atoms in total. The summed E-state index contributed by atoms with van der Waals surface area (Å²) >= 11 is 0. The minimum Gasteiger partial charge on any atom is -0.397 e. The second kappa shape index (κ2) is 3.47. The van der Waals surface area contributed by atoms with Crippen LogP contribution in [-0.4, -0.2) is 6.54 Å². The van der Waals surface area contributed by atoms with Gasteiger partial charge in [-0.25, -0.2) is 0 Å². The molecule has 0 bridgehead atoms. The minimum atomic E-state index is 0.440. The Morgan fingerprint density at radius 3 is 2.87 bits per heavy atom. The van der Waals surface area contributed by atoms with E-state index in [-0.39, 0.29) is 0 Å². The highest BCUT2D eigenvalue weighted by molar-refractivity contribution is 5.68. The summed E-state index contributed by atoms with van der Waals surface area (Å²) < 4.78 is 0. The zero-order valence-corrected chi connectivity index (χ0v) is 8.88. The number of hydrogen-bond donors (Lipinski definition) is 2. The largest absolute Gasteiger partial charge is 0.397 e. The van der Waals surface area contributed by atoms with Gasteiger partial charge in [0.1, 0.15) is 0 Å². The molecule has 15 heavy (non-hydrogen) atoms. The van der Waals surface area contributed by atoms with Gasteiger partial charge in [-0.3, -0.25) is 0 Å². The fourth-order valence-corrected chi connectivity index (χ4v) is 1.48. The molecule has 1 aliphatic rings. The molecule has 0 atom stereocenters. The molecule has 1 aliphatic carbocycles. The van der Waals surface area contributed by atoms with E-state index in [1.54, 1.807) is 18.2 Å². The van der Waals surface area contributed by atoms with E-state index in [1.807, 2.05) is 0 Å². The predicted molar refractivity (Wildman–Crippen MR) is 61.4 cm³/mol. The van der Waals surface area contributed by atoms with Gasteiger partial charge in [0, 0.05) is 6.54 Å². The summed E-state index contributed by atoms with van der Waals surface area (Å²) in [5, 5.41) is 12.1. The first-order valence-electron chi connectivity index (χ1n) is 5.16. The molecule has 1 aromatic carbocycles. The Balaban J connectivity index is 2.09. The molecule has 3 heteroatoms. The molecular formula is C12H15N3. The van der Waals surface area contributed by atoms with Gasteiger partial charge in [0.15, 0.2) is 0 Å². The normalized spacial score (nSPS) is 16.8. The lowest BCUT2D eigenvalue weighted by atomic mass is 10.1. The maximum atomic E-state index is 8.77. The third-order valence-electron chi connectivity index (χ3n) is 2.99. The maximum Gasteiger partial charge on any atom is 0.0992 e. The van der Waals surface area contributed by atoms with Crippen molar-refractivity contribution in [3.05, 3.63) is 23.8 Å². The van der Waals surface area contributed by atoms with Crippen LogP contribution in [0, 0.1) is 16.7 Å². The van der Waals surface area contributed by atoms with Gasteiger partial charge in [-0.05, 0) is 36.5 Å². The van der Waals surface area contributed by atoms with Crippen LogP contribution in [0.3, 0.4) is 0 Å². The lowest BCUT2D eigenvalue weighted by Gasteiger charge is -2.13. The highest BCUT2D eigenvalue weighted by Gasteiger charge is 2.36. The van der Waals surface area contributed by atoms with Crippen LogP contribution in [0.25, 0.3) is 0 Å². The number of nitrogen functional groups attached to an aromatic ring is 1. The van der Waals surface area contributed by atoms with Crippen LogP contribution in [0.2, 0.25) is 0 Å². The first-order valence-corrected chi connectivity index (χ1v) is 5.16. The van der Waals surface area contributed by atoms with Crippen molar-refractivity contribution in [2.24, 2.45) is 5.41 Å². The molecule has 0 spiro atoms. The molecular weight excluding hydrogens is 186 g/mol. The number of anilines is 2. The van der Waals surface area contributed by atoms with E-state index in [4.69, 9.17) is 11.0 Å². The van der Waals surface area contributed by atoms with E-state index < -0.39 is 0 Å². The van der Waals surface area contributed by atoms with Gasteiger partial charge in [0.2, 0.25) is 0 Å². The summed E-state index contributed by atoms with van der Waals surface area (Å²) in [5.74, 6) is 0. The van der Waals surface area contributed by atoms with Crippen LogP contribution in [0.1, 0.15) is 25.3 Å². The zero-order chi connectivity index (χ0) is 10.9. The minimum absolute atomic E-state index is 0.440. The van der Waals surface area contributed by atoms with Crippen LogP contribution in [0.5, 0.6) is 0 Å². The SMILES string of the molecule is CC1(CNc2cc(C#N)ccc2N)CC1. The first-order chi connectivity index (χ1) is 7.13. The third-order valence-corrected chi connectivity index (χ3v) is 2.99. The molecule has 1 aromatic rings. The van der Waals surface area contributed by atoms with E-state index >= 15 is 0 Å². The van der Waals surface area contributed by atoms with Crippen molar-refractivity contribution >= 4 is 11.4 Å². The number of nitriles is 1. The average molecular weight is 201 g/mol. The second-order valence-electron chi connectivity index (χ2n) is 4.58. The van der Waals surface area contributed by atoms with E-state index in [0.717, 1.165) is 12.2 Å². The number of nitrogens with one attached hydrogen (secondary N) is 1. The molecule has 1 fully saturated rings. The Morgan fingerprint density at radius 1 is 1.53 bits per heavy atom. The standard InChI is InChI=1S/C12H15N3/c1-12(4-5-12)8-15-11-6-9(7-13)2-3-10(11)14/h2-3,6,15H,4-5,8,14H2,1H3. The van der Waals surface area contributed by atoms with Crippen molar-refractivity contribution < 1.29 is 0 Å². The number of hydrogen-bond acceptors (Lipinski definition) is 3. The van der Waals surface area contributed by atoms with E-state index in [0.29, 0.717) is 16.7 Å². The van der Waals surface area contributed by atoms with Gasteiger partial charge in [0.25, 0.3) is 0 Å². The molecule has 0 saturated heterocycles. The highest BCUT2D eigenvalue weighted by atomic mass is 14.9. The molecule has 0 unspecified atom stereocenters. The van der Waals surface area contributed by atoms with Crippen molar-refractivity contribution in [3.63, 3.8) is 0 Å². The smallest absolute Gasteiger partial charge is 0.0992 e. The van der Waals surface area contributed by atoms with E-state index in [2.05, 4.69) is 18.3 Å². The van der Waals surface area contributed by atoms with Crippen LogP contribution in [0.15, 0.2) is 18.2 Å². The van der Waals surface area contributed by atoms with E-state index in [1.165, 1.54) is 12.8 Å². The van der Waals surface area contributed by atoms with Crippen LogP contribution < -0.4 is 11.1 Å². The predicted octanol–water partition coefficient (Wildman–Crippen LogP) is 2.35. The van der Waals surface area contributed by atoms with Gasteiger partial charge in [-0.2, -0.15) is 5.26 Å². The topological polar surface area (TPSA) is 61.8 Å². The van der Waals surface area contributed by atoms with Crippen molar-refractivity contribution in [1.29, 1.82) is 5.26 Å². The van der Waals surface area contributed by atoms with Gasteiger partial charge < -0.3 is 11.1 Å². The molecule has 3 N–H and O–H groups in total. The Morgan fingerprint density at radius 2 is 2.27 bits per heavy atom. The van der Waals surface area contributed by atoms with Crippen LogP contribution >= 0.6 is 0 Å². The number of nitrogens with two attached hydrogens (primary N) is 1. The Labute approximate surface area is 89.9 Å². The number of rotatable bonds is 3. The molecule has 0 aromatic heterocycles. The summed E-state index contributed by atoms with van der Waals surface area (Å²) in [6.07, 6.45) is 2.55. The fraction of sp³-hybridized carbons (Fsp3) is 0.417. The summed E-state index contributed by atoms with van der Waals surface area (Å²) in [6, 6.07) is 7.43. The van der Waals surface area contributed by atoms with Crippen molar-refractivity contribution in [1.82, 2.24) is 0 Å². The molecule has 1 saturated carbocycles. The molecule has 2 rings (SSSR count). The van der Waals surface area contributed by atoms with Crippen LogP contribution in [0.4, 0.5) is 11.4 Å². The van der Waals surface area contributed by atoms with Crippen molar-refractivity contribution in [2.45, 2.75) is 19.8 Å². The van der Waals surface area contributed by atoms with Gasteiger partial charge >= 0.3 is 0 Å². The quantitative estimate of drug-likeness (QED) is 0.738. The summed E-state index contributed by atoms with van der Waals surface area (Å²) in [6.45, 7) is 3.19. The van der Waals surface area contributed by atoms with Crippen molar-refractivity contribution in [2.75, 3.05) is 17.6 Å². The lowest BCUT2D eigenvalue weighted by Crippen LogP contribution is -2.12. The Kier molecular flexibility index (Phi) is 2.28. The maximum absolute atomic E-state index is 8.77. The van der Waals surface area contributed by atoms with Crippen molar-refractivity contribution in [3.8, 4) is 6.07 Å². The molecule has 0 aliphatic heterocycles. The van der Waals surface area contributed by atoms with Gasteiger partial charge in [-0.1, -0.05) is 6.92 Å². The fourth-order valence-electron chi connectivity index (χ4n) is 1.48. The van der Waals surface area contributed by atoms with Gasteiger partial charge in [0.05, 0.1) is 23.0 Å². The third kappa shape index (κ3) is 2.21. The monoisotopic (exact) mass is 201 g/mol. The average Bonchev–Trinajstić information content (AvgIpc) is 2.96. The van der Waals surface area contributed by atoms with E-state index in [9.17, 15) is 0 Å². The molecule has 0 amide bonds. The Bertz CT molecular complexity index is 413. The summed E-state index contributed by atoms with van der Waals surface area (Å²) in [5.41, 5.74) is 8.49. The molecule has 78 valence electrons. The lowest BCUT2D eigenvalue weighted by molar-refractivity contribution is 0.611. The number of benzene rings is 1. The van der Waals surface area contributed by atoms with Crippen LogP contribution in [-0.2, 0) is 0 Å². The summed E-state index contributed by atoms with van der Waals surface area (Å²) in [7, 11) is 0. The Hall–Kier alpha value is -1.69. The second-order valence-corrected chi connectivity index (χ2v) is 4.58.